The molecule has 4 heterocycles. The lowest BCUT2D eigenvalue weighted by Crippen LogP contribution is -2.43. The van der Waals surface area contributed by atoms with Crippen LogP contribution in [0.4, 0.5) is 17.1 Å². The largest absolute Gasteiger partial charge is 0.357 e. The van der Waals surface area contributed by atoms with Crippen molar-refractivity contribution in [3.05, 3.63) is 196 Å². The molecule has 4 bridgehead atoms. The Labute approximate surface area is 371 Å². The second-order valence-electron chi connectivity index (χ2n) is 20.1. The van der Waals surface area contributed by atoms with Gasteiger partial charge >= 0.3 is 0 Å². The van der Waals surface area contributed by atoms with Gasteiger partial charge in [-0.15, -0.1) is 0 Å². The fraction of sp³-hybridized carbons (Fsp3) is 0.200. The molecule has 5 aliphatic rings. The average Bonchev–Trinajstić information content (AvgIpc) is 3.80. The lowest BCUT2D eigenvalue weighted by molar-refractivity contribution is 0.598. The Hall–Kier alpha value is -6.58. The van der Waals surface area contributed by atoms with E-state index in [-0.39, 0.29) is 16.7 Å². The van der Waals surface area contributed by atoms with Crippen LogP contribution in [0.25, 0.3) is 55.1 Å². The Kier molecular flexibility index (Phi) is 7.63. The number of hydrogen-bond acceptors (Lipinski definition) is 1. The molecule has 63 heavy (non-hydrogen) atoms. The highest BCUT2D eigenvalue weighted by Gasteiger charge is 2.42. The number of nitrogens with zero attached hydrogens (tertiary/aromatic N) is 1. The molecule has 1 N–H and O–H groups in total. The topological polar surface area (TPSA) is 19.0 Å². The minimum absolute atomic E-state index is 0.123. The third-order valence-corrected chi connectivity index (χ3v) is 15.9. The van der Waals surface area contributed by atoms with Gasteiger partial charge in [0.25, 0.3) is 0 Å². The van der Waals surface area contributed by atoms with Crippen LogP contribution in [-0.2, 0) is 10.8 Å². The molecule has 2 nitrogen and oxygen atoms in total. The van der Waals surface area contributed by atoms with Crippen LogP contribution < -0.4 is 15.8 Å². The number of benzene rings is 8. The number of rotatable bonds is 4. The van der Waals surface area contributed by atoms with Gasteiger partial charge in [-0.2, -0.15) is 0 Å². The average molecular weight is 811 g/mol. The molecule has 2 aliphatic carbocycles. The summed E-state index contributed by atoms with van der Waals surface area (Å²) >= 11 is 0. The van der Waals surface area contributed by atoms with Gasteiger partial charge in [-0.25, -0.2) is 0 Å². The fourth-order valence-corrected chi connectivity index (χ4v) is 12.7. The molecule has 8 aromatic carbocycles. The monoisotopic (exact) mass is 810 g/mol. The molecule has 304 valence electrons. The number of anilines is 3. The number of fused-ring (bicyclic) bond motifs is 11. The number of para-hydroxylation sites is 1. The highest BCUT2D eigenvalue weighted by molar-refractivity contribution is 6.74. The summed E-state index contributed by atoms with van der Waals surface area (Å²) in [5, 5.41) is 3.85. The van der Waals surface area contributed by atoms with Gasteiger partial charge in [0.2, 0.25) is 0 Å². The Morgan fingerprint density at radius 3 is 2.21 bits per heavy atom. The molecule has 1 unspecified atom stereocenters. The van der Waals surface area contributed by atoms with Crippen molar-refractivity contribution in [1.29, 1.82) is 0 Å². The highest BCUT2D eigenvalue weighted by Crippen LogP contribution is 2.55. The standard InChI is InChI=1S/C60H51BN2/c1-7-15-34(2)37-28-29-51-44(30-37)35-24-26-36(27-25-35)53-41-18-10-12-22-47(41)59(3,4)49-33-50-52(32-46(49)53)63(51)57-39-17-9-8-16-38(39)31-45(55(57)61-50)40-20-14-21-43-54-42-19-11-13-23-48(42)60(5,6)58(54)62-56(40)43/h8-14,16-34,53,61-62H,7,15H2,1-6H3/t34-,53?/m0/s1. The normalized spacial score (nSPS) is 17.0. The predicted molar refractivity (Wildman–Crippen MR) is 268 cm³/mol. The van der Waals surface area contributed by atoms with Gasteiger partial charge < -0.3 is 9.88 Å². The molecule has 0 spiro atoms. The van der Waals surface area contributed by atoms with Crippen molar-refractivity contribution in [2.75, 3.05) is 4.90 Å². The molecule has 0 saturated carbocycles. The maximum atomic E-state index is 4.11. The van der Waals surface area contributed by atoms with Crippen molar-refractivity contribution < 1.29 is 0 Å². The Morgan fingerprint density at radius 2 is 1.37 bits per heavy atom. The smallest absolute Gasteiger partial charge is 0.198 e. The quantitative estimate of drug-likeness (QED) is 0.175. The van der Waals surface area contributed by atoms with E-state index in [0.717, 1.165) is 7.28 Å². The Bertz CT molecular complexity index is 3420. The molecule has 9 aromatic rings. The zero-order chi connectivity index (χ0) is 42.5. The van der Waals surface area contributed by atoms with E-state index in [0.29, 0.717) is 5.92 Å². The van der Waals surface area contributed by atoms with Gasteiger partial charge in [-0.05, 0) is 103 Å². The summed E-state index contributed by atoms with van der Waals surface area (Å²) < 4.78 is 0. The van der Waals surface area contributed by atoms with Crippen LogP contribution in [0.1, 0.15) is 111 Å². The van der Waals surface area contributed by atoms with Crippen LogP contribution in [-0.4, -0.2) is 12.3 Å². The highest BCUT2D eigenvalue weighted by atomic mass is 15.2. The molecule has 0 fully saturated rings. The maximum absolute atomic E-state index is 4.11. The zero-order valence-electron chi connectivity index (χ0n) is 37.2. The molecular formula is C60H51BN2. The van der Waals surface area contributed by atoms with Gasteiger partial charge in [0, 0.05) is 61.3 Å². The summed E-state index contributed by atoms with van der Waals surface area (Å²) in [5.41, 5.74) is 26.6. The van der Waals surface area contributed by atoms with Crippen LogP contribution in [0.3, 0.4) is 0 Å². The molecular weight excluding hydrogens is 759 g/mol. The van der Waals surface area contributed by atoms with Gasteiger partial charge in [0.15, 0.2) is 7.28 Å². The summed E-state index contributed by atoms with van der Waals surface area (Å²) in [6, 6.07) is 59.2. The second kappa shape index (κ2) is 13.0. The molecule has 0 radical (unpaired) electrons. The van der Waals surface area contributed by atoms with E-state index >= 15 is 0 Å². The molecule has 0 saturated heterocycles. The fourth-order valence-electron chi connectivity index (χ4n) is 12.7. The second-order valence-corrected chi connectivity index (χ2v) is 20.1. The number of H-pyrrole nitrogens is 1. The van der Waals surface area contributed by atoms with Crippen molar-refractivity contribution >= 4 is 56.9 Å². The minimum atomic E-state index is -0.170. The van der Waals surface area contributed by atoms with Crippen LogP contribution in [0.15, 0.2) is 152 Å². The van der Waals surface area contributed by atoms with E-state index in [9.17, 15) is 0 Å². The van der Waals surface area contributed by atoms with Gasteiger partial charge in [0.1, 0.15) is 0 Å². The predicted octanol–water partition coefficient (Wildman–Crippen LogP) is 14.2. The van der Waals surface area contributed by atoms with Crippen molar-refractivity contribution in [3.8, 4) is 33.4 Å². The van der Waals surface area contributed by atoms with E-state index < -0.39 is 0 Å². The van der Waals surface area contributed by atoms with E-state index in [1.165, 1.54) is 141 Å². The summed E-state index contributed by atoms with van der Waals surface area (Å²) in [5.74, 6) is 0.607. The molecule has 0 amide bonds. The molecule has 1 aromatic heterocycles. The Morgan fingerprint density at radius 1 is 0.619 bits per heavy atom. The van der Waals surface area contributed by atoms with Crippen LogP contribution in [0, 0.1) is 0 Å². The SMILES string of the molecule is CCC[C@H](C)c1ccc2c(c1)-c1ccc(cc1)C1c3ccccc3C(C)(C)c3cc4c(cc31)N2c1c(c(-c2cccc3c5c([nH]c23)C(C)(C)c2ccccc2-5)cc2ccccc12)B4. The summed E-state index contributed by atoms with van der Waals surface area (Å²) in [6.07, 6.45) is 2.33. The zero-order valence-corrected chi connectivity index (χ0v) is 37.2. The number of aromatic nitrogens is 1. The third kappa shape index (κ3) is 4.97. The number of hydrogen-bond donors (Lipinski definition) is 1. The lowest BCUT2D eigenvalue weighted by atomic mass is 9.55. The van der Waals surface area contributed by atoms with Crippen LogP contribution in [0.5, 0.6) is 0 Å². The first-order valence-electron chi connectivity index (χ1n) is 23.2. The maximum Gasteiger partial charge on any atom is 0.198 e. The van der Waals surface area contributed by atoms with Gasteiger partial charge in [0.05, 0.1) is 11.2 Å². The minimum Gasteiger partial charge on any atom is -0.357 e. The van der Waals surface area contributed by atoms with Crippen LogP contribution in [0.2, 0.25) is 0 Å². The summed E-state index contributed by atoms with van der Waals surface area (Å²) in [7, 11) is 0.840. The van der Waals surface area contributed by atoms with Gasteiger partial charge in [-0.3, -0.25) is 0 Å². The Balaban J connectivity index is 1.15. The first-order chi connectivity index (χ1) is 30.6. The first kappa shape index (κ1) is 37.0. The van der Waals surface area contributed by atoms with Crippen molar-refractivity contribution in [2.24, 2.45) is 0 Å². The summed E-state index contributed by atoms with van der Waals surface area (Å²) in [6.45, 7) is 14.3. The van der Waals surface area contributed by atoms with E-state index in [4.69, 9.17) is 0 Å². The van der Waals surface area contributed by atoms with Crippen molar-refractivity contribution in [3.63, 3.8) is 0 Å². The summed E-state index contributed by atoms with van der Waals surface area (Å²) in [4.78, 5) is 6.80. The third-order valence-electron chi connectivity index (χ3n) is 15.9. The molecule has 2 atom stereocenters. The number of aromatic amines is 1. The molecule has 3 aliphatic heterocycles. The number of nitrogens with one attached hydrogen (secondary N) is 1. The van der Waals surface area contributed by atoms with E-state index in [1.54, 1.807) is 0 Å². The van der Waals surface area contributed by atoms with E-state index in [2.05, 4.69) is 203 Å². The molecule has 3 heteroatoms. The lowest BCUT2D eigenvalue weighted by Gasteiger charge is -2.43. The van der Waals surface area contributed by atoms with Gasteiger partial charge in [-0.1, -0.05) is 181 Å². The van der Waals surface area contributed by atoms with Crippen molar-refractivity contribution in [1.82, 2.24) is 4.98 Å². The van der Waals surface area contributed by atoms with Crippen LogP contribution >= 0.6 is 0 Å². The first-order valence-corrected chi connectivity index (χ1v) is 23.2. The van der Waals surface area contributed by atoms with Crippen molar-refractivity contribution in [2.45, 2.75) is 77.0 Å². The van der Waals surface area contributed by atoms with E-state index in [1.807, 2.05) is 0 Å². The molecule has 14 rings (SSSR count).